The molecule has 0 saturated carbocycles. The van der Waals surface area contributed by atoms with E-state index in [1.807, 2.05) is 43.3 Å². The van der Waals surface area contributed by atoms with Crippen LogP contribution in [0.3, 0.4) is 0 Å². The number of carbonyl (C=O) groups is 1. The second-order valence-electron chi connectivity index (χ2n) is 5.28. The molecule has 0 aliphatic heterocycles. The number of nitrogens with zero attached hydrogens (tertiary/aromatic N) is 1. The minimum absolute atomic E-state index is 0. The van der Waals surface area contributed by atoms with E-state index in [1.54, 1.807) is 12.1 Å². The Morgan fingerprint density at radius 3 is 2.00 bits per heavy atom. The molecule has 0 unspecified atom stereocenters. The highest BCUT2D eigenvalue weighted by Crippen LogP contribution is 2.38. The largest absolute Gasteiger partial charge is 0.493 e. The first-order valence-corrected chi connectivity index (χ1v) is 7.39. The maximum Gasteiger partial charge on any atom is 0.255 e. The minimum Gasteiger partial charge on any atom is -0.493 e. The summed E-state index contributed by atoms with van der Waals surface area (Å²) in [7, 11) is 8.39. The number of hydrogen-bond donors (Lipinski definition) is 1. The van der Waals surface area contributed by atoms with Crippen LogP contribution >= 0.6 is 12.4 Å². The molecule has 0 atom stereocenters. The number of ether oxygens (including phenoxy) is 3. The van der Waals surface area contributed by atoms with Gasteiger partial charge < -0.3 is 24.4 Å². The Labute approximate surface area is 154 Å². The average molecular weight is 367 g/mol. The molecule has 2 aromatic carbocycles. The third-order valence-electron chi connectivity index (χ3n) is 3.56. The van der Waals surface area contributed by atoms with E-state index in [4.69, 9.17) is 14.2 Å². The molecule has 0 aliphatic rings. The van der Waals surface area contributed by atoms with Crippen LogP contribution in [0.2, 0.25) is 0 Å². The lowest BCUT2D eigenvalue weighted by Crippen LogP contribution is -2.17. The standard InChI is InChI=1S/C18H22N2O4.ClH/c1-20(2)14-9-7-6-8-13(14)19-18(21)12-10-15(22-3)17(24-5)16(11-12)23-4;/h6-11H,1-5H3,(H,19,21);1H. The number of rotatable bonds is 6. The molecule has 7 heteroatoms. The van der Waals surface area contributed by atoms with Crippen molar-refractivity contribution in [3.8, 4) is 17.2 Å². The lowest BCUT2D eigenvalue weighted by molar-refractivity contribution is 0.102. The van der Waals surface area contributed by atoms with Crippen LogP contribution in [0.5, 0.6) is 17.2 Å². The third-order valence-corrected chi connectivity index (χ3v) is 3.56. The molecule has 1 amide bonds. The van der Waals surface area contributed by atoms with Gasteiger partial charge in [0.15, 0.2) is 11.5 Å². The SMILES string of the molecule is COc1cc(C(=O)Nc2ccccc2N(C)C)cc(OC)c1OC.Cl. The van der Waals surface area contributed by atoms with Gasteiger partial charge in [-0.25, -0.2) is 0 Å². The van der Waals surface area contributed by atoms with Crippen molar-refractivity contribution in [3.05, 3.63) is 42.0 Å². The molecule has 25 heavy (non-hydrogen) atoms. The molecule has 0 saturated heterocycles. The topological polar surface area (TPSA) is 60.0 Å². The summed E-state index contributed by atoms with van der Waals surface area (Å²) in [6.45, 7) is 0. The number of nitrogens with one attached hydrogen (secondary N) is 1. The van der Waals surface area contributed by atoms with Gasteiger partial charge in [-0.1, -0.05) is 12.1 Å². The molecule has 0 aliphatic carbocycles. The number of anilines is 2. The summed E-state index contributed by atoms with van der Waals surface area (Å²) in [5, 5.41) is 2.92. The maximum absolute atomic E-state index is 12.6. The second-order valence-corrected chi connectivity index (χ2v) is 5.28. The number of benzene rings is 2. The zero-order valence-corrected chi connectivity index (χ0v) is 15.8. The Bertz CT molecular complexity index is 710. The van der Waals surface area contributed by atoms with Gasteiger partial charge in [0.2, 0.25) is 5.75 Å². The molecule has 6 nitrogen and oxygen atoms in total. The molecule has 136 valence electrons. The van der Waals surface area contributed by atoms with Crippen molar-refractivity contribution in [2.75, 3.05) is 45.6 Å². The number of methoxy groups -OCH3 is 3. The van der Waals surface area contributed by atoms with Crippen LogP contribution in [0.1, 0.15) is 10.4 Å². The van der Waals surface area contributed by atoms with Gasteiger partial charge in [-0.2, -0.15) is 0 Å². The van der Waals surface area contributed by atoms with Crippen LogP contribution in [-0.2, 0) is 0 Å². The summed E-state index contributed by atoms with van der Waals surface area (Å²) in [6.07, 6.45) is 0. The first kappa shape index (κ1) is 20.4. The van der Waals surface area contributed by atoms with E-state index in [0.717, 1.165) is 11.4 Å². The Balaban J connectivity index is 0.00000312. The third kappa shape index (κ3) is 4.48. The lowest BCUT2D eigenvalue weighted by atomic mass is 10.1. The van der Waals surface area contributed by atoms with Crippen molar-refractivity contribution in [2.45, 2.75) is 0 Å². The van der Waals surface area contributed by atoms with Gasteiger partial charge in [-0.05, 0) is 24.3 Å². The summed E-state index contributed by atoms with van der Waals surface area (Å²) in [5.41, 5.74) is 2.05. The first-order valence-electron chi connectivity index (χ1n) is 7.39. The van der Waals surface area contributed by atoms with Gasteiger partial charge in [-0.15, -0.1) is 12.4 Å². The van der Waals surface area contributed by atoms with E-state index in [-0.39, 0.29) is 18.3 Å². The van der Waals surface area contributed by atoms with Crippen LogP contribution in [0, 0.1) is 0 Å². The molecular weight excluding hydrogens is 344 g/mol. The normalized spacial score (nSPS) is 9.64. The first-order chi connectivity index (χ1) is 11.5. The van der Waals surface area contributed by atoms with Crippen molar-refractivity contribution in [2.24, 2.45) is 0 Å². The van der Waals surface area contributed by atoms with E-state index in [2.05, 4.69) is 5.32 Å². The number of amides is 1. The monoisotopic (exact) mass is 366 g/mol. The van der Waals surface area contributed by atoms with Crippen molar-refractivity contribution in [1.29, 1.82) is 0 Å². The molecule has 0 fully saturated rings. The predicted octanol–water partition coefficient (Wildman–Crippen LogP) is 3.45. The van der Waals surface area contributed by atoms with Crippen LogP contribution in [0.25, 0.3) is 0 Å². The molecule has 2 rings (SSSR count). The predicted molar refractivity (Wildman–Crippen MR) is 102 cm³/mol. The summed E-state index contributed by atoms with van der Waals surface area (Å²) >= 11 is 0. The molecule has 2 aromatic rings. The number of hydrogen-bond acceptors (Lipinski definition) is 5. The van der Waals surface area contributed by atoms with Crippen molar-refractivity contribution in [1.82, 2.24) is 0 Å². The van der Waals surface area contributed by atoms with E-state index < -0.39 is 0 Å². The summed E-state index contributed by atoms with van der Waals surface area (Å²) < 4.78 is 15.9. The zero-order valence-electron chi connectivity index (χ0n) is 15.0. The quantitative estimate of drug-likeness (QED) is 0.848. The van der Waals surface area contributed by atoms with Crippen molar-refractivity contribution in [3.63, 3.8) is 0 Å². The molecule has 0 bridgehead atoms. The summed E-state index contributed by atoms with van der Waals surface area (Å²) in [6, 6.07) is 10.8. The van der Waals surface area contributed by atoms with Gasteiger partial charge in [0.25, 0.3) is 5.91 Å². The Kier molecular flexibility index (Phi) is 7.39. The van der Waals surface area contributed by atoms with Gasteiger partial charge >= 0.3 is 0 Å². The van der Waals surface area contributed by atoms with Crippen LogP contribution < -0.4 is 24.4 Å². The zero-order chi connectivity index (χ0) is 17.7. The second kappa shape index (κ2) is 9.03. The highest BCUT2D eigenvalue weighted by Gasteiger charge is 2.18. The fraction of sp³-hybridized carbons (Fsp3) is 0.278. The molecule has 0 aromatic heterocycles. The Morgan fingerprint density at radius 1 is 0.960 bits per heavy atom. The van der Waals surface area contributed by atoms with Crippen LogP contribution in [0.15, 0.2) is 36.4 Å². The summed E-state index contributed by atoms with van der Waals surface area (Å²) in [4.78, 5) is 14.6. The summed E-state index contributed by atoms with van der Waals surface area (Å²) in [5.74, 6) is 1.06. The molecule has 0 radical (unpaired) electrons. The molecule has 1 N–H and O–H groups in total. The highest BCUT2D eigenvalue weighted by molar-refractivity contribution is 6.06. The van der Waals surface area contributed by atoms with E-state index in [1.165, 1.54) is 21.3 Å². The maximum atomic E-state index is 12.6. The van der Waals surface area contributed by atoms with E-state index >= 15 is 0 Å². The van der Waals surface area contributed by atoms with Crippen LogP contribution in [0.4, 0.5) is 11.4 Å². The van der Waals surface area contributed by atoms with Gasteiger partial charge in [-0.3, -0.25) is 4.79 Å². The Hall–Kier alpha value is -2.60. The van der Waals surface area contributed by atoms with Crippen molar-refractivity contribution >= 4 is 29.7 Å². The highest BCUT2D eigenvalue weighted by atomic mass is 35.5. The molecular formula is C18H23ClN2O4. The fourth-order valence-electron chi connectivity index (χ4n) is 2.38. The van der Waals surface area contributed by atoms with Gasteiger partial charge in [0.05, 0.1) is 32.7 Å². The smallest absolute Gasteiger partial charge is 0.255 e. The van der Waals surface area contributed by atoms with E-state index in [9.17, 15) is 4.79 Å². The number of halogens is 1. The molecule has 0 spiro atoms. The van der Waals surface area contributed by atoms with Gasteiger partial charge in [0.1, 0.15) is 0 Å². The number of para-hydroxylation sites is 2. The molecule has 0 heterocycles. The van der Waals surface area contributed by atoms with Crippen LogP contribution in [-0.4, -0.2) is 41.3 Å². The average Bonchev–Trinajstić information content (AvgIpc) is 2.60. The minimum atomic E-state index is -0.261. The van der Waals surface area contributed by atoms with E-state index in [0.29, 0.717) is 22.8 Å². The fourth-order valence-corrected chi connectivity index (χ4v) is 2.38. The lowest BCUT2D eigenvalue weighted by Gasteiger charge is -2.18. The Morgan fingerprint density at radius 2 is 1.52 bits per heavy atom. The van der Waals surface area contributed by atoms with Crippen molar-refractivity contribution < 1.29 is 19.0 Å². The number of carbonyl (C=O) groups excluding carboxylic acids is 1. The van der Waals surface area contributed by atoms with Gasteiger partial charge in [0, 0.05) is 19.7 Å².